The molecule has 2 aromatic carbocycles. The molecule has 1 aromatic heterocycles. The highest BCUT2D eigenvalue weighted by Crippen LogP contribution is 2.28. The molecule has 0 aliphatic rings. The van der Waals surface area contributed by atoms with Crippen LogP contribution >= 0.6 is 0 Å². The molecule has 0 bridgehead atoms. The van der Waals surface area contributed by atoms with E-state index in [2.05, 4.69) is 20.7 Å². The summed E-state index contributed by atoms with van der Waals surface area (Å²) in [5.74, 6) is -0.743. The predicted molar refractivity (Wildman–Crippen MR) is 105 cm³/mol. The number of amides is 2. The maximum Gasteiger partial charge on any atom is 0.255 e. The quantitative estimate of drug-likeness (QED) is 0.609. The van der Waals surface area contributed by atoms with Gasteiger partial charge in [0.2, 0.25) is 5.91 Å². The van der Waals surface area contributed by atoms with Crippen molar-refractivity contribution in [3.8, 4) is 5.75 Å². The standard InChI is InChI=1S/C20H20FN5O3/c1-29-18-8-7-16(24-19(27)6-3-9-26-13-22-12-23-26)11-17(18)25-20(28)14-4-2-5-15(21)10-14/h2,4-5,7-8,10-13H,3,6,9H2,1H3,(H,24,27)(H,25,28). The Morgan fingerprint density at radius 2 is 2.03 bits per heavy atom. The van der Waals surface area contributed by atoms with E-state index in [1.807, 2.05) is 0 Å². The molecular weight excluding hydrogens is 377 g/mol. The first-order chi connectivity index (χ1) is 14.0. The molecule has 0 unspecified atom stereocenters. The molecule has 3 aromatic rings. The molecule has 0 fully saturated rings. The van der Waals surface area contributed by atoms with Crippen molar-refractivity contribution in [1.29, 1.82) is 0 Å². The van der Waals surface area contributed by atoms with E-state index in [0.717, 1.165) is 6.07 Å². The van der Waals surface area contributed by atoms with Crippen LogP contribution in [-0.2, 0) is 11.3 Å². The lowest BCUT2D eigenvalue weighted by molar-refractivity contribution is -0.116. The molecule has 0 aliphatic heterocycles. The van der Waals surface area contributed by atoms with Crippen molar-refractivity contribution in [3.63, 3.8) is 0 Å². The number of aromatic nitrogens is 3. The number of rotatable bonds is 8. The number of methoxy groups -OCH3 is 1. The monoisotopic (exact) mass is 397 g/mol. The Morgan fingerprint density at radius 1 is 1.17 bits per heavy atom. The van der Waals surface area contributed by atoms with Gasteiger partial charge in [-0.25, -0.2) is 9.37 Å². The first-order valence-corrected chi connectivity index (χ1v) is 8.92. The van der Waals surface area contributed by atoms with Gasteiger partial charge >= 0.3 is 0 Å². The number of carbonyl (C=O) groups excluding carboxylic acids is 2. The zero-order valence-electron chi connectivity index (χ0n) is 15.8. The summed E-state index contributed by atoms with van der Waals surface area (Å²) in [6, 6.07) is 10.3. The van der Waals surface area contributed by atoms with Crippen LogP contribution in [0.4, 0.5) is 15.8 Å². The number of carbonyl (C=O) groups is 2. The van der Waals surface area contributed by atoms with E-state index >= 15 is 0 Å². The number of hydrogen-bond acceptors (Lipinski definition) is 5. The summed E-state index contributed by atoms with van der Waals surface area (Å²) in [6.07, 6.45) is 3.94. The Kier molecular flexibility index (Phi) is 6.51. The van der Waals surface area contributed by atoms with Crippen molar-refractivity contribution in [2.75, 3.05) is 17.7 Å². The third-order valence-corrected chi connectivity index (χ3v) is 4.08. The summed E-state index contributed by atoms with van der Waals surface area (Å²) in [4.78, 5) is 28.4. The van der Waals surface area contributed by atoms with Crippen molar-refractivity contribution < 1.29 is 18.7 Å². The summed E-state index contributed by atoms with van der Waals surface area (Å²) in [5, 5.41) is 9.45. The zero-order valence-corrected chi connectivity index (χ0v) is 15.8. The Morgan fingerprint density at radius 3 is 2.76 bits per heavy atom. The van der Waals surface area contributed by atoms with E-state index in [1.54, 1.807) is 29.2 Å². The second-order valence-electron chi connectivity index (χ2n) is 6.19. The summed E-state index contributed by atoms with van der Waals surface area (Å²) >= 11 is 0. The molecule has 9 heteroatoms. The van der Waals surface area contributed by atoms with Crippen LogP contribution < -0.4 is 15.4 Å². The molecule has 2 N–H and O–H groups in total. The van der Waals surface area contributed by atoms with E-state index < -0.39 is 11.7 Å². The highest BCUT2D eigenvalue weighted by molar-refractivity contribution is 6.05. The number of benzene rings is 2. The molecule has 150 valence electrons. The van der Waals surface area contributed by atoms with E-state index in [-0.39, 0.29) is 11.5 Å². The molecule has 0 aliphatic carbocycles. The predicted octanol–water partition coefficient (Wildman–Crippen LogP) is 3.10. The first kappa shape index (κ1) is 20.0. The minimum absolute atomic E-state index is 0.169. The molecule has 0 radical (unpaired) electrons. The van der Waals surface area contributed by atoms with Gasteiger partial charge in [0.1, 0.15) is 24.2 Å². The van der Waals surface area contributed by atoms with Crippen LogP contribution in [0.15, 0.2) is 55.1 Å². The van der Waals surface area contributed by atoms with Crippen molar-refractivity contribution in [3.05, 3.63) is 66.5 Å². The molecule has 3 rings (SSSR count). The maximum absolute atomic E-state index is 13.3. The minimum atomic E-state index is -0.503. The third-order valence-electron chi connectivity index (χ3n) is 4.08. The third kappa shape index (κ3) is 5.61. The zero-order chi connectivity index (χ0) is 20.6. The number of nitrogens with one attached hydrogen (secondary N) is 2. The van der Waals surface area contributed by atoms with Crippen LogP contribution in [0.2, 0.25) is 0 Å². The highest BCUT2D eigenvalue weighted by atomic mass is 19.1. The van der Waals surface area contributed by atoms with Crippen LogP contribution in [-0.4, -0.2) is 33.7 Å². The Labute approximate surface area is 166 Å². The number of hydrogen-bond donors (Lipinski definition) is 2. The van der Waals surface area contributed by atoms with Gasteiger partial charge in [0.05, 0.1) is 12.8 Å². The van der Waals surface area contributed by atoms with E-state index in [1.165, 1.54) is 31.6 Å². The molecule has 0 saturated heterocycles. The fourth-order valence-corrected chi connectivity index (χ4v) is 2.68. The Hall–Kier alpha value is -3.75. The maximum atomic E-state index is 13.3. The molecule has 2 amide bonds. The van der Waals surface area contributed by atoms with Gasteiger partial charge in [-0.05, 0) is 42.8 Å². The second-order valence-corrected chi connectivity index (χ2v) is 6.19. The van der Waals surface area contributed by atoms with Crippen LogP contribution in [0.1, 0.15) is 23.2 Å². The van der Waals surface area contributed by atoms with Crippen LogP contribution in [0, 0.1) is 5.82 Å². The molecule has 8 nitrogen and oxygen atoms in total. The molecular formula is C20H20FN5O3. The van der Waals surface area contributed by atoms with E-state index in [0.29, 0.717) is 36.5 Å². The molecule has 29 heavy (non-hydrogen) atoms. The van der Waals surface area contributed by atoms with E-state index in [4.69, 9.17) is 4.74 Å². The number of halogens is 1. The fourth-order valence-electron chi connectivity index (χ4n) is 2.68. The average molecular weight is 397 g/mol. The van der Waals surface area contributed by atoms with Crippen molar-refractivity contribution in [1.82, 2.24) is 14.8 Å². The normalized spacial score (nSPS) is 10.4. The summed E-state index contributed by atoms with van der Waals surface area (Å²) in [6.45, 7) is 0.588. The summed E-state index contributed by atoms with van der Waals surface area (Å²) in [5.41, 5.74) is 1.04. The molecule has 0 saturated carbocycles. The number of nitrogens with zero attached hydrogens (tertiary/aromatic N) is 3. The summed E-state index contributed by atoms with van der Waals surface area (Å²) < 4.78 is 20.3. The van der Waals surface area contributed by atoms with Gasteiger partial charge in [0.25, 0.3) is 5.91 Å². The number of anilines is 2. The average Bonchev–Trinajstić information content (AvgIpc) is 3.22. The van der Waals surface area contributed by atoms with Crippen LogP contribution in [0.5, 0.6) is 5.75 Å². The lowest BCUT2D eigenvalue weighted by Gasteiger charge is -2.13. The topological polar surface area (TPSA) is 98.1 Å². The Balaban J connectivity index is 1.63. The van der Waals surface area contributed by atoms with Gasteiger partial charge in [-0.3, -0.25) is 14.3 Å². The van der Waals surface area contributed by atoms with Gasteiger partial charge in [-0.2, -0.15) is 5.10 Å². The SMILES string of the molecule is COc1ccc(NC(=O)CCCn2cncn2)cc1NC(=O)c1cccc(F)c1. The lowest BCUT2D eigenvalue weighted by atomic mass is 10.2. The molecule has 0 atom stereocenters. The number of ether oxygens (including phenoxy) is 1. The van der Waals surface area contributed by atoms with Crippen LogP contribution in [0.3, 0.4) is 0 Å². The minimum Gasteiger partial charge on any atom is -0.495 e. The van der Waals surface area contributed by atoms with Gasteiger partial charge in [-0.15, -0.1) is 0 Å². The lowest BCUT2D eigenvalue weighted by Crippen LogP contribution is -2.15. The number of aryl methyl sites for hydroxylation is 1. The van der Waals surface area contributed by atoms with Gasteiger partial charge < -0.3 is 15.4 Å². The highest BCUT2D eigenvalue weighted by Gasteiger charge is 2.12. The first-order valence-electron chi connectivity index (χ1n) is 8.92. The largest absolute Gasteiger partial charge is 0.495 e. The van der Waals surface area contributed by atoms with Gasteiger partial charge in [0.15, 0.2) is 0 Å². The van der Waals surface area contributed by atoms with E-state index in [9.17, 15) is 14.0 Å². The fraction of sp³-hybridized carbons (Fsp3) is 0.200. The van der Waals surface area contributed by atoms with Crippen molar-refractivity contribution in [2.24, 2.45) is 0 Å². The summed E-state index contributed by atoms with van der Waals surface area (Å²) in [7, 11) is 1.47. The van der Waals surface area contributed by atoms with Crippen molar-refractivity contribution >= 4 is 23.2 Å². The Bertz CT molecular complexity index is 992. The van der Waals surface area contributed by atoms with Gasteiger partial charge in [-0.1, -0.05) is 6.07 Å². The van der Waals surface area contributed by atoms with Crippen molar-refractivity contribution in [2.45, 2.75) is 19.4 Å². The van der Waals surface area contributed by atoms with Gasteiger partial charge in [0, 0.05) is 24.2 Å². The van der Waals surface area contributed by atoms with Crippen LogP contribution in [0.25, 0.3) is 0 Å². The second kappa shape index (κ2) is 9.45. The smallest absolute Gasteiger partial charge is 0.255 e. The molecule has 0 spiro atoms. The molecule has 1 heterocycles.